The van der Waals surface area contributed by atoms with Crippen LogP contribution in [0.25, 0.3) is 22.1 Å². The maximum absolute atomic E-state index is 14.2. The Morgan fingerprint density at radius 2 is 0.977 bits per heavy atom. The number of aryl methyl sites for hydroxylation is 4. The first-order valence-electron chi connectivity index (χ1n) is 16.3. The van der Waals surface area contributed by atoms with Crippen LogP contribution in [0.15, 0.2) is 24.3 Å². The summed E-state index contributed by atoms with van der Waals surface area (Å²) in [7, 11) is 0. The Bertz CT molecular complexity index is 1730. The van der Waals surface area contributed by atoms with Crippen LogP contribution in [0.5, 0.6) is 0 Å². The zero-order valence-corrected chi connectivity index (χ0v) is 27.2. The molecule has 3 aromatic heterocycles. The van der Waals surface area contributed by atoms with Crippen LogP contribution < -0.4 is 0 Å². The van der Waals surface area contributed by atoms with E-state index in [1.165, 1.54) is 22.3 Å². The average molecular weight is 585 g/mol. The molecule has 0 saturated carbocycles. The lowest BCUT2D eigenvalue weighted by molar-refractivity contribution is -0.162. The van der Waals surface area contributed by atoms with Gasteiger partial charge in [-0.1, -0.05) is 55.4 Å². The number of rotatable bonds is 8. The number of hydrogen-bond acceptors (Lipinski definition) is 5. The first-order chi connectivity index (χ1) is 20.6. The second-order valence-corrected chi connectivity index (χ2v) is 12.1. The highest BCUT2D eigenvalue weighted by atomic mass is 16.4. The number of H-pyrrole nitrogens is 2. The summed E-state index contributed by atoms with van der Waals surface area (Å²) >= 11 is 0. The Balaban J connectivity index is 2.07. The van der Waals surface area contributed by atoms with Gasteiger partial charge in [-0.15, -0.1) is 0 Å². The number of Topliss-reactive ketones (excluding diaryl/α,β-unsaturated/α-hetero) is 1. The largest absolute Gasteiger partial charge is 0.380 e. The normalized spacial score (nSPS) is 21.5. The predicted molar refractivity (Wildman–Crippen MR) is 173 cm³/mol. The highest BCUT2D eigenvalue weighted by molar-refractivity contribution is 6.05. The number of nitrogens with one attached hydrogen (secondary N) is 2. The zero-order valence-electron chi connectivity index (χ0n) is 27.2. The van der Waals surface area contributed by atoms with Gasteiger partial charge in [0.15, 0.2) is 5.78 Å². The van der Waals surface area contributed by atoms with E-state index in [1.807, 2.05) is 39.8 Å². The molecule has 3 aromatic rings. The van der Waals surface area contributed by atoms with Crippen molar-refractivity contribution < 1.29 is 15.0 Å². The SMILES string of the molecule is CCc1c(CC)c2cc3[nH]c(cc4nc(cc5nc(cc1[nH]2)C(=O)C5(CC)CC)C(O)(CC)C4(O)CC)c(CC)c3CC. The van der Waals surface area contributed by atoms with Crippen LogP contribution >= 0.6 is 0 Å². The molecule has 7 heteroatoms. The second-order valence-electron chi connectivity index (χ2n) is 12.1. The van der Waals surface area contributed by atoms with Gasteiger partial charge in [0.2, 0.25) is 0 Å². The Morgan fingerprint density at radius 3 is 1.40 bits per heavy atom. The van der Waals surface area contributed by atoms with E-state index in [-0.39, 0.29) is 18.6 Å². The van der Waals surface area contributed by atoms with E-state index < -0.39 is 16.6 Å². The van der Waals surface area contributed by atoms with Gasteiger partial charge >= 0.3 is 0 Å². The summed E-state index contributed by atoms with van der Waals surface area (Å²) < 4.78 is 0. The van der Waals surface area contributed by atoms with Crippen molar-refractivity contribution in [2.45, 2.75) is 123 Å². The molecule has 0 aliphatic carbocycles. The van der Waals surface area contributed by atoms with E-state index >= 15 is 0 Å². The minimum Gasteiger partial charge on any atom is -0.380 e. The molecule has 0 radical (unpaired) electrons. The zero-order chi connectivity index (χ0) is 31.3. The van der Waals surface area contributed by atoms with E-state index in [9.17, 15) is 15.0 Å². The monoisotopic (exact) mass is 584 g/mol. The van der Waals surface area contributed by atoms with E-state index in [0.717, 1.165) is 47.8 Å². The molecule has 8 bridgehead atoms. The van der Waals surface area contributed by atoms with Crippen LogP contribution in [-0.4, -0.2) is 35.9 Å². The maximum atomic E-state index is 14.2. The van der Waals surface area contributed by atoms with Crippen molar-refractivity contribution >= 4 is 27.9 Å². The number of fused-ring (bicyclic) bond motifs is 8. The topological polar surface area (TPSA) is 115 Å². The van der Waals surface area contributed by atoms with Crippen LogP contribution in [0.1, 0.15) is 131 Å². The highest BCUT2D eigenvalue weighted by Crippen LogP contribution is 2.49. The molecule has 2 unspecified atom stereocenters. The van der Waals surface area contributed by atoms with Crippen molar-refractivity contribution in [3.8, 4) is 0 Å². The van der Waals surface area contributed by atoms with E-state index in [1.54, 1.807) is 6.07 Å². The number of carbonyl (C=O) groups excluding carboxylic acids is 1. The first kappa shape index (κ1) is 31.1. The third-order valence-electron chi connectivity index (χ3n) is 10.5. The van der Waals surface area contributed by atoms with Gasteiger partial charge in [-0.3, -0.25) is 9.78 Å². The molecule has 43 heavy (non-hydrogen) atoms. The Morgan fingerprint density at radius 1 is 0.558 bits per heavy atom. The van der Waals surface area contributed by atoms with Crippen molar-refractivity contribution in [3.05, 3.63) is 69.3 Å². The van der Waals surface area contributed by atoms with Crippen LogP contribution in [-0.2, 0) is 42.3 Å². The molecule has 2 aliphatic heterocycles. The number of hydrogen-bond donors (Lipinski definition) is 4. The summed E-state index contributed by atoms with van der Waals surface area (Å²) in [5, 5.41) is 24.4. The molecule has 0 amide bonds. The fourth-order valence-corrected chi connectivity index (χ4v) is 7.74. The number of carbonyl (C=O) groups is 1. The van der Waals surface area contributed by atoms with E-state index in [0.29, 0.717) is 35.6 Å². The van der Waals surface area contributed by atoms with E-state index in [4.69, 9.17) is 9.97 Å². The summed E-state index contributed by atoms with van der Waals surface area (Å²) in [6.07, 6.45) is 5.02. The van der Waals surface area contributed by atoms with Crippen molar-refractivity contribution in [3.63, 3.8) is 0 Å². The molecule has 2 aliphatic rings. The number of aromatic nitrogens is 4. The molecule has 0 saturated heterocycles. The number of ketones is 1. The summed E-state index contributed by atoms with van der Waals surface area (Å²) in [6.45, 7) is 16.4. The Kier molecular flexibility index (Phi) is 8.20. The molecule has 5 rings (SSSR count). The smallest absolute Gasteiger partial charge is 0.193 e. The van der Waals surface area contributed by atoms with Crippen LogP contribution in [0, 0.1) is 0 Å². The summed E-state index contributed by atoms with van der Waals surface area (Å²) in [4.78, 5) is 31.4. The minimum atomic E-state index is -1.63. The van der Waals surface area contributed by atoms with Crippen LogP contribution in [0.3, 0.4) is 0 Å². The summed E-state index contributed by atoms with van der Waals surface area (Å²) in [6, 6.07) is 7.81. The van der Waals surface area contributed by atoms with E-state index in [2.05, 4.69) is 43.7 Å². The third kappa shape index (κ3) is 4.33. The van der Waals surface area contributed by atoms with Crippen molar-refractivity contribution in [2.24, 2.45) is 0 Å². The average Bonchev–Trinajstić information content (AvgIpc) is 3.67. The second kappa shape index (κ2) is 11.3. The number of aromatic amines is 2. The van der Waals surface area contributed by atoms with Gasteiger partial charge in [0.05, 0.1) is 22.5 Å². The molecule has 5 heterocycles. The highest BCUT2D eigenvalue weighted by Gasteiger charge is 2.56. The van der Waals surface area contributed by atoms with Crippen molar-refractivity contribution in [2.75, 3.05) is 0 Å². The molecule has 0 spiro atoms. The quantitative estimate of drug-likeness (QED) is 0.220. The van der Waals surface area contributed by atoms with Gasteiger partial charge in [-0.2, -0.15) is 0 Å². The summed E-state index contributed by atoms with van der Waals surface area (Å²) in [5.41, 5.74) is 6.44. The van der Waals surface area contributed by atoms with Crippen LogP contribution in [0.2, 0.25) is 0 Å². The minimum absolute atomic E-state index is 0.0112. The molecule has 7 nitrogen and oxygen atoms in total. The maximum Gasteiger partial charge on any atom is 0.193 e. The number of aliphatic hydroxyl groups is 2. The number of nitrogens with zero attached hydrogens (tertiary/aromatic N) is 2. The van der Waals surface area contributed by atoms with Gasteiger partial charge in [-0.25, -0.2) is 4.98 Å². The fraction of sp³-hybridized carbons (Fsp3) is 0.528. The standard InChI is InChI=1S/C36H48N4O3/c1-9-21-22(10-2)27-18-29-33(41)34(13-5,14-6)30(39-29)20-32-36(43,16-8)35(42,15-7)31(40-32)19-28-24(12-4)23(11-3)26(38-28)17-25(21)37-27/h17-20,37-38,42-43H,9-16H2,1-8H3. The third-order valence-corrected chi connectivity index (χ3v) is 10.5. The van der Waals surface area contributed by atoms with Crippen molar-refractivity contribution in [1.82, 2.24) is 19.9 Å². The van der Waals surface area contributed by atoms with Gasteiger partial charge in [0.25, 0.3) is 0 Å². The molecular weight excluding hydrogens is 536 g/mol. The lowest BCUT2D eigenvalue weighted by atomic mass is 9.74. The predicted octanol–water partition coefficient (Wildman–Crippen LogP) is 7.40. The molecule has 0 aromatic carbocycles. The first-order valence-corrected chi connectivity index (χ1v) is 16.3. The molecular formula is C36H48N4O3. The van der Waals surface area contributed by atoms with Crippen molar-refractivity contribution in [1.29, 1.82) is 0 Å². The molecule has 2 atom stereocenters. The molecule has 230 valence electrons. The Labute approximate surface area is 255 Å². The van der Waals surface area contributed by atoms with Gasteiger partial charge in [0.1, 0.15) is 16.9 Å². The van der Waals surface area contributed by atoms with Crippen LogP contribution in [0.4, 0.5) is 0 Å². The fourth-order valence-electron chi connectivity index (χ4n) is 7.74. The van der Waals surface area contributed by atoms with Gasteiger partial charge in [0, 0.05) is 22.1 Å². The molecule has 4 N–H and O–H groups in total. The van der Waals surface area contributed by atoms with Gasteiger partial charge < -0.3 is 20.2 Å². The molecule has 0 fully saturated rings. The lowest BCUT2D eigenvalue weighted by Gasteiger charge is -2.37. The Hall–Kier alpha value is -3.29. The summed E-state index contributed by atoms with van der Waals surface area (Å²) in [5.74, 6) is -0.0112. The van der Waals surface area contributed by atoms with Gasteiger partial charge in [-0.05, 0) is 97.9 Å². The lowest BCUT2D eigenvalue weighted by Crippen LogP contribution is -2.45.